The third-order valence-electron chi connectivity index (χ3n) is 3.11. The summed E-state index contributed by atoms with van der Waals surface area (Å²) in [4.78, 5) is 11.7. The molecule has 110 valence electrons. The minimum Gasteiger partial charge on any atom is -0.495 e. The number of carbonyl (C=O) groups excluding carboxylic acids is 1. The summed E-state index contributed by atoms with van der Waals surface area (Å²) >= 11 is 6.72. The van der Waals surface area contributed by atoms with Crippen LogP contribution in [0.3, 0.4) is 0 Å². The molecule has 0 saturated carbocycles. The SMILES string of the molecule is COC(=O)/C(Br)=C(/OC)c1cccc2ccc(CBr)cc12. The lowest BCUT2D eigenvalue weighted by molar-refractivity contribution is -0.135. The van der Waals surface area contributed by atoms with Crippen LogP contribution in [0.25, 0.3) is 16.5 Å². The molecule has 0 aliphatic heterocycles. The minimum atomic E-state index is -0.472. The molecule has 0 fully saturated rings. The first-order valence-corrected chi connectivity index (χ1v) is 8.14. The smallest absolute Gasteiger partial charge is 0.348 e. The van der Waals surface area contributed by atoms with Gasteiger partial charge in [0.25, 0.3) is 0 Å². The number of esters is 1. The number of ether oxygens (including phenoxy) is 2. The van der Waals surface area contributed by atoms with Crippen LogP contribution in [-0.2, 0) is 19.6 Å². The van der Waals surface area contributed by atoms with Gasteiger partial charge in [0.15, 0.2) is 0 Å². The highest BCUT2D eigenvalue weighted by atomic mass is 79.9. The van der Waals surface area contributed by atoms with Crippen molar-refractivity contribution in [3.63, 3.8) is 0 Å². The summed E-state index contributed by atoms with van der Waals surface area (Å²) in [5.74, 6) is -0.0142. The molecule has 2 aromatic rings. The molecular weight excluding hydrogens is 400 g/mol. The summed E-state index contributed by atoms with van der Waals surface area (Å²) < 4.78 is 10.4. The molecule has 0 heterocycles. The topological polar surface area (TPSA) is 35.5 Å². The minimum absolute atomic E-state index is 0.268. The van der Waals surface area contributed by atoms with Crippen LogP contribution in [0, 0.1) is 0 Å². The zero-order valence-electron chi connectivity index (χ0n) is 11.7. The molecule has 2 rings (SSSR count). The third-order valence-corrected chi connectivity index (χ3v) is 4.44. The summed E-state index contributed by atoms with van der Waals surface area (Å²) in [5, 5.41) is 2.87. The maximum atomic E-state index is 11.7. The van der Waals surface area contributed by atoms with E-state index in [0.29, 0.717) is 5.76 Å². The molecule has 0 N–H and O–H groups in total. The van der Waals surface area contributed by atoms with Crippen LogP contribution < -0.4 is 0 Å². The van der Waals surface area contributed by atoms with Crippen molar-refractivity contribution < 1.29 is 14.3 Å². The molecule has 0 bridgehead atoms. The number of carbonyl (C=O) groups is 1. The second kappa shape index (κ2) is 7.09. The van der Waals surface area contributed by atoms with Crippen LogP contribution in [0.4, 0.5) is 0 Å². The van der Waals surface area contributed by atoms with E-state index in [0.717, 1.165) is 27.2 Å². The van der Waals surface area contributed by atoms with Gasteiger partial charge in [0.05, 0.1) is 14.2 Å². The van der Waals surface area contributed by atoms with Crippen molar-refractivity contribution in [1.82, 2.24) is 0 Å². The monoisotopic (exact) mass is 412 g/mol. The molecule has 2 aromatic carbocycles. The predicted molar refractivity (Wildman–Crippen MR) is 91.5 cm³/mol. The number of methoxy groups -OCH3 is 2. The number of benzene rings is 2. The highest BCUT2D eigenvalue weighted by molar-refractivity contribution is 9.12. The Morgan fingerprint density at radius 1 is 1.14 bits per heavy atom. The van der Waals surface area contributed by atoms with Crippen molar-refractivity contribution in [1.29, 1.82) is 0 Å². The number of alkyl halides is 1. The van der Waals surface area contributed by atoms with Gasteiger partial charge in [-0.15, -0.1) is 0 Å². The standard InChI is InChI=1S/C16H14Br2O3/c1-20-15(14(18)16(19)21-2)12-5-3-4-11-7-6-10(9-17)8-13(11)12/h3-8H,9H2,1-2H3/b15-14-. The van der Waals surface area contributed by atoms with E-state index >= 15 is 0 Å². The van der Waals surface area contributed by atoms with E-state index in [9.17, 15) is 4.79 Å². The number of hydrogen-bond acceptors (Lipinski definition) is 3. The predicted octanol–water partition coefficient (Wildman–Crippen LogP) is 4.62. The molecule has 3 nitrogen and oxygen atoms in total. The van der Waals surface area contributed by atoms with Gasteiger partial charge in [-0.2, -0.15) is 0 Å². The van der Waals surface area contributed by atoms with E-state index in [1.807, 2.05) is 18.2 Å². The first kappa shape index (κ1) is 16.0. The Bertz CT molecular complexity index is 708. The Labute approximate surface area is 140 Å². The van der Waals surface area contributed by atoms with Gasteiger partial charge in [-0.3, -0.25) is 0 Å². The number of halogens is 2. The van der Waals surface area contributed by atoms with Gasteiger partial charge in [0.2, 0.25) is 0 Å². The van der Waals surface area contributed by atoms with Gasteiger partial charge in [0, 0.05) is 10.9 Å². The first-order chi connectivity index (χ1) is 10.1. The highest BCUT2D eigenvalue weighted by Crippen LogP contribution is 2.31. The fourth-order valence-corrected chi connectivity index (χ4v) is 2.99. The van der Waals surface area contributed by atoms with Crippen molar-refractivity contribution >= 4 is 54.4 Å². The van der Waals surface area contributed by atoms with Crippen LogP contribution in [0.5, 0.6) is 0 Å². The lowest BCUT2D eigenvalue weighted by Gasteiger charge is -2.12. The van der Waals surface area contributed by atoms with Gasteiger partial charge in [0.1, 0.15) is 10.2 Å². The third kappa shape index (κ3) is 3.30. The Kier molecular flexibility index (Phi) is 5.42. The average molecular weight is 414 g/mol. The molecule has 0 radical (unpaired) electrons. The van der Waals surface area contributed by atoms with Crippen LogP contribution >= 0.6 is 31.9 Å². The maximum Gasteiger partial charge on any atom is 0.348 e. The fourth-order valence-electron chi connectivity index (χ4n) is 2.10. The van der Waals surface area contributed by atoms with Gasteiger partial charge in [-0.1, -0.05) is 46.3 Å². The molecule has 0 amide bonds. The molecule has 21 heavy (non-hydrogen) atoms. The fraction of sp³-hybridized carbons (Fsp3) is 0.188. The van der Waals surface area contributed by atoms with Crippen LogP contribution in [0.2, 0.25) is 0 Å². The summed E-state index contributed by atoms with van der Waals surface area (Å²) in [5.41, 5.74) is 2.00. The quantitative estimate of drug-likeness (QED) is 0.317. The summed E-state index contributed by atoms with van der Waals surface area (Å²) in [6.07, 6.45) is 0. The van der Waals surface area contributed by atoms with Crippen molar-refractivity contribution in [2.75, 3.05) is 14.2 Å². The Morgan fingerprint density at radius 2 is 1.90 bits per heavy atom. The zero-order chi connectivity index (χ0) is 15.4. The van der Waals surface area contributed by atoms with Crippen molar-refractivity contribution in [3.05, 3.63) is 52.0 Å². The summed E-state index contributed by atoms with van der Waals surface area (Å²) in [7, 11) is 2.87. The van der Waals surface area contributed by atoms with Crippen molar-refractivity contribution in [2.24, 2.45) is 0 Å². The molecule has 0 saturated heterocycles. The van der Waals surface area contributed by atoms with E-state index < -0.39 is 5.97 Å². The van der Waals surface area contributed by atoms with Gasteiger partial charge in [-0.05, 0) is 38.3 Å². The van der Waals surface area contributed by atoms with E-state index in [2.05, 4.69) is 50.1 Å². The van der Waals surface area contributed by atoms with E-state index in [1.165, 1.54) is 14.2 Å². The molecule has 0 aromatic heterocycles. The average Bonchev–Trinajstić information content (AvgIpc) is 2.54. The second-order valence-electron chi connectivity index (χ2n) is 4.33. The normalized spacial score (nSPS) is 12.0. The molecule has 0 aliphatic rings. The Balaban J connectivity index is 2.72. The second-order valence-corrected chi connectivity index (χ2v) is 5.69. The summed E-state index contributed by atoms with van der Waals surface area (Å²) in [6, 6.07) is 12.1. The Morgan fingerprint density at radius 3 is 2.52 bits per heavy atom. The lowest BCUT2D eigenvalue weighted by Crippen LogP contribution is -2.04. The molecule has 0 aliphatic carbocycles. The van der Waals surface area contributed by atoms with E-state index in [-0.39, 0.29) is 4.48 Å². The largest absolute Gasteiger partial charge is 0.495 e. The molecule has 5 heteroatoms. The Hall–Kier alpha value is -1.33. The van der Waals surface area contributed by atoms with Crippen LogP contribution in [0.15, 0.2) is 40.9 Å². The summed E-state index contributed by atoms with van der Waals surface area (Å²) in [6.45, 7) is 0. The highest BCUT2D eigenvalue weighted by Gasteiger charge is 2.17. The van der Waals surface area contributed by atoms with Crippen LogP contribution in [-0.4, -0.2) is 20.2 Å². The first-order valence-electron chi connectivity index (χ1n) is 6.22. The number of hydrogen-bond donors (Lipinski definition) is 0. The van der Waals surface area contributed by atoms with E-state index in [1.54, 1.807) is 0 Å². The maximum absolute atomic E-state index is 11.7. The van der Waals surface area contributed by atoms with E-state index in [4.69, 9.17) is 9.47 Å². The van der Waals surface area contributed by atoms with Crippen molar-refractivity contribution in [3.8, 4) is 0 Å². The molecular formula is C16H14Br2O3. The number of rotatable bonds is 4. The van der Waals surface area contributed by atoms with Gasteiger partial charge >= 0.3 is 5.97 Å². The van der Waals surface area contributed by atoms with Gasteiger partial charge < -0.3 is 9.47 Å². The molecule has 0 atom stereocenters. The number of fused-ring (bicyclic) bond motifs is 1. The molecule has 0 spiro atoms. The zero-order valence-corrected chi connectivity index (χ0v) is 14.8. The van der Waals surface area contributed by atoms with Crippen molar-refractivity contribution in [2.45, 2.75) is 5.33 Å². The molecule has 0 unspecified atom stereocenters. The lowest BCUT2D eigenvalue weighted by atomic mass is 10.0. The van der Waals surface area contributed by atoms with Gasteiger partial charge in [-0.25, -0.2) is 4.79 Å². The van der Waals surface area contributed by atoms with Crippen LogP contribution in [0.1, 0.15) is 11.1 Å².